The zero-order chi connectivity index (χ0) is 19.5. The minimum Gasteiger partial charge on any atom is -0.483 e. The van der Waals surface area contributed by atoms with Crippen LogP contribution < -0.4 is 0 Å². The zero-order valence-electron chi connectivity index (χ0n) is 15.4. The Balaban J connectivity index is 0.000000604. The lowest BCUT2D eigenvalue weighted by Crippen LogP contribution is -2.47. The van der Waals surface area contributed by atoms with E-state index in [9.17, 15) is 4.79 Å². The highest BCUT2D eigenvalue weighted by molar-refractivity contribution is 7.13. The Bertz CT molecular complexity index is 961. The molecule has 3 aliphatic heterocycles. The maximum atomic E-state index is 12.9. The van der Waals surface area contributed by atoms with E-state index >= 15 is 0 Å². The number of Topliss-reactive ketones (excluding diaryl/α,β-unsaturated/α-hetero) is 1. The van der Waals surface area contributed by atoms with Crippen molar-refractivity contribution in [1.29, 1.82) is 0 Å². The highest BCUT2D eigenvalue weighted by atomic mass is 32.1. The van der Waals surface area contributed by atoms with Gasteiger partial charge in [0.15, 0.2) is 5.78 Å². The van der Waals surface area contributed by atoms with E-state index in [-0.39, 0.29) is 12.3 Å². The molecule has 2 N–H and O–H groups in total. The van der Waals surface area contributed by atoms with Gasteiger partial charge in [-0.1, -0.05) is 6.07 Å². The van der Waals surface area contributed by atoms with Crippen molar-refractivity contribution in [2.24, 2.45) is 11.8 Å². The molecule has 7 nitrogen and oxygen atoms in total. The monoisotopic (exact) mass is 398 g/mol. The van der Waals surface area contributed by atoms with Crippen LogP contribution in [0.3, 0.4) is 0 Å². The van der Waals surface area contributed by atoms with Crippen molar-refractivity contribution < 1.29 is 14.7 Å². The average Bonchev–Trinajstić information content (AvgIpc) is 3.39. The van der Waals surface area contributed by atoms with Crippen LogP contribution in [0.5, 0.6) is 0 Å². The van der Waals surface area contributed by atoms with Crippen molar-refractivity contribution in [2.75, 3.05) is 19.6 Å². The smallest absolute Gasteiger partial charge is 0.290 e. The summed E-state index contributed by atoms with van der Waals surface area (Å²) in [7, 11) is 0. The molecule has 6 rings (SSSR count). The van der Waals surface area contributed by atoms with Crippen LogP contribution in [0, 0.1) is 11.8 Å². The number of aromatic amines is 1. The standard InChI is InChI=1S/C19H20N4OS.CH2O2/c24-17(10-14-11-23-6-3-12(14)4-7-23)18-15-2-1-13(9-16(15)21-22-18)19-20-5-8-25-19;2-1-3/h1-2,5,8-9,12,14H,3-4,6-7,10-11H2,(H,21,22);1H,(H,2,3)/t14-;/m0./s1. The first-order valence-electron chi connectivity index (χ1n) is 9.41. The van der Waals surface area contributed by atoms with Crippen molar-refractivity contribution in [1.82, 2.24) is 20.1 Å². The molecule has 146 valence electrons. The lowest BCUT2D eigenvalue weighted by atomic mass is 9.76. The van der Waals surface area contributed by atoms with Crippen LogP contribution in [-0.2, 0) is 4.79 Å². The number of piperidine rings is 3. The number of fused-ring (bicyclic) bond motifs is 4. The molecular weight excluding hydrogens is 376 g/mol. The van der Waals surface area contributed by atoms with Gasteiger partial charge in [-0.25, -0.2) is 4.98 Å². The Morgan fingerprint density at radius 1 is 1.36 bits per heavy atom. The number of nitrogens with zero attached hydrogens (tertiary/aromatic N) is 3. The van der Waals surface area contributed by atoms with E-state index in [1.807, 2.05) is 23.6 Å². The molecule has 1 aromatic carbocycles. The zero-order valence-corrected chi connectivity index (χ0v) is 16.2. The molecule has 0 radical (unpaired) electrons. The first kappa shape index (κ1) is 18.8. The first-order valence-corrected chi connectivity index (χ1v) is 10.3. The van der Waals surface area contributed by atoms with Crippen molar-refractivity contribution in [3.63, 3.8) is 0 Å². The summed E-state index contributed by atoms with van der Waals surface area (Å²) in [6.45, 7) is 3.24. The van der Waals surface area contributed by atoms with Gasteiger partial charge in [0.25, 0.3) is 6.47 Å². The Hall–Kier alpha value is -2.58. The summed E-state index contributed by atoms with van der Waals surface area (Å²) < 4.78 is 0. The van der Waals surface area contributed by atoms with Crippen LogP contribution >= 0.6 is 11.3 Å². The van der Waals surface area contributed by atoms with Gasteiger partial charge in [0.1, 0.15) is 10.7 Å². The van der Waals surface area contributed by atoms with Gasteiger partial charge in [0, 0.05) is 35.5 Å². The lowest BCUT2D eigenvalue weighted by Gasteiger charge is -2.44. The maximum Gasteiger partial charge on any atom is 0.290 e. The summed E-state index contributed by atoms with van der Waals surface area (Å²) in [6.07, 6.45) is 4.92. The fraction of sp³-hybridized carbons (Fsp3) is 0.400. The van der Waals surface area contributed by atoms with Gasteiger partial charge in [-0.3, -0.25) is 14.7 Å². The number of hydrogen-bond acceptors (Lipinski definition) is 6. The number of rotatable bonds is 4. The van der Waals surface area contributed by atoms with Crippen LogP contribution in [0.1, 0.15) is 29.8 Å². The van der Waals surface area contributed by atoms with Crippen LogP contribution in [0.15, 0.2) is 29.8 Å². The second-order valence-corrected chi connectivity index (χ2v) is 8.20. The number of hydrogen-bond donors (Lipinski definition) is 2. The molecule has 5 heterocycles. The van der Waals surface area contributed by atoms with E-state index in [0.29, 0.717) is 18.0 Å². The minimum atomic E-state index is -0.250. The summed E-state index contributed by atoms with van der Waals surface area (Å²) >= 11 is 1.61. The molecular formula is C20H22N4O3S. The Labute approximate surface area is 166 Å². The fourth-order valence-electron chi connectivity index (χ4n) is 4.38. The van der Waals surface area contributed by atoms with Gasteiger partial charge in [0.05, 0.1) is 5.52 Å². The van der Waals surface area contributed by atoms with Crippen molar-refractivity contribution in [2.45, 2.75) is 19.3 Å². The van der Waals surface area contributed by atoms with Crippen LogP contribution in [-0.4, -0.2) is 57.1 Å². The van der Waals surface area contributed by atoms with Gasteiger partial charge in [-0.2, -0.15) is 5.10 Å². The van der Waals surface area contributed by atoms with Gasteiger partial charge < -0.3 is 10.0 Å². The number of benzene rings is 1. The summed E-state index contributed by atoms with van der Waals surface area (Å²) in [4.78, 5) is 28.1. The Morgan fingerprint density at radius 2 is 2.14 bits per heavy atom. The molecule has 3 fully saturated rings. The highest BCUT2D eigenvalue weighted by Gasteiger charge is 2.35. The normalized spacial score (nSPS) is 23.2. The molecule has 1 atom stereocenters. The van der Waals surface area contributed by atoms with Gasteiger partial charge in [-0.15, -0.1) is 11.3 Å². The van der Waals surface area contributed by atoms with E-state index in [2.05, 4.69) is 20.1 Å². The fourth-order valence-corrected chi connectivity index (χ4v) is 5.02. The second kappa shape index (κ2) is 8.20. The predicted octanol–water partition coefficient (Wildman–Crippen LogP) is 3.30. The van der Waals surface area contributed by atoms with Crippen molar-refractivity contribution in [3.05, 3.63) is 35.5 Å². The van der Waals surface area contributed by atoms with E-state index in [0.717, 1.165) is 33.9 Å². The van der Waals surface area contributed by atoms with Gasteiger partial charge in [-0.05, 0) is 49.9 Å². The topological polar surface area (TPSA) is 99.2 Å². The van der Waals surface area contributed by atoms with Crippen LogP contribution in [0.4, 0.5) is 0 Å². The molecule has 8 heteroatoms. The third-order valence-corrected chi connectivity index (χ3v) is 6.57. The molecule has 0 aliphatic carbocycles. The number of H-pyrrole nitrogens is 1. The summed E-state index contributed by atoms with van der Waals surface area (Å²) in [5.41, 5.74) is 2.56. The SMILES string of the molecule is O=C(C[C@H]1CN2CCC1CC2)c1n[nH]c2cc(-c3nccs3)ccc12.O=CO. The minimum absolute atomic E-state index is 0.173. The number of carboxylic acid groups (broad SMARTS) is 1. The van der Waals surface area contributed by atoms with Gasteiger partial charge >= 0.3 is 0 Å². The molecule has 0 unspecified atom stereocenters. The van der Waals surface area contributed by atoms with Crippen LogP contribution in [0.2, 0.25) is 0 Å². The van der Waals surface area contributed by atoms with E-state index < -0.39 is 0 Å². The number of aromatic nitrogens is 3. The van der Waals surface area contributed by atoms with Crippen molar-refractivity contribution in [3.8, 4) is 10.6 Å². The molecule has 3 saturated heterocycles. The summed E-state index contributed by atoms with van der Waals surface area (Å²) in [6, 6.07) is 6.06. The number of ketones is 1. The molecule has 0 saturated carbocycles. The molecule has 0 spiro atoms. The molecule has 2 bridgehead atoms. The number of thiazole rings is 1. The molecule has 0 amide bonds. The quantitative estimate of drug-likeness (QED) is 0.517. The second-order valence-electron chi connectivity index (χ2n) is 7.30. The third kappa shape index (κ3) is 3.70. The van der Waals surface area contributed by atoms with Crippen LogP contribution in [0.25, 0.3) is 21.5 Å². The molecule has 28 heavy (non-hydrogen) atoms. The van der Waals surface area contributed by atoms with E-state index in [1.165, 1.54) is 25.9 Å². The maximum absolute atomic E-state index is 12.9. The highest BCUT2D eigenvalue weighted by Crippen LogP contribution is 2.35. The third-order valence-electron chi connectivity index (χ3n) is 5.75. The Kier molecular flexibility index (Phi) is 5.50. The van der Waals surface area contributed by atoms with Gasteiger partial charge in [0.2, 0.25) is 0 Å². The largest absolute Gasteiger partial charge is 0.483 e. The number of carbonyl (C=O) groups is 2. The Morgan fingerprint density at radius 3 is 2.79 bits per heavy atom. The predicted molar refractivity (Wildman–Crippen MR) is 107 cm³/mol. The lowest BCUT2D eigenvalue weighted by molar-refractivity contribution is -0.122. The number of carbonyl (C=O) groups excluding carboxylic acids is 1. The van der Waals surface area contributed by atoms with E-state index in [1.54, 1.807) is 17.5 Å². The molecule has 2 aromatic heterocycles. The molecule has 3 aliphatic rings. The summed E-state index contributed by atoms with van der Waals surface area (Å²) in [5, 5.41) is 18.1. The average molecular weight is 398 g/mol. The summed E-state index contributed by atoms with van der Waals surface area (Å²) in [5.74, 6) is 1.39. The number of nitrogens with one attached hydrogen (secondary N) is 1. The first-order chi connectivity index (χ1) is 13.7. The molecule has 3 aromatic rings. The van der Waals surface area contributed by atoms with Crippen molar-refractivity contribution >= 4 is 34.5 Å². The van der Waals surface area contributed by atoms with E-state index in [4.69, 9.17) is 9.90 Å².